The summed E-state index contributed by atoms with van der Waals surface area (Å²) in [4.78, 5) is 13.8. The Bertz CT molecular complexity index is 835. The van der Waals surface area contributed by atoms with Crippen molar-refractivity contribution in [1.29, 1.82) is 0 Å². The summed E-state index contributed by atoms with van der Waals surface area (Å²) in [5.41, 5.74) is 3.00. The minimum atomic E-state index is -0.281. The molecule has 120 valence electrons. The van der Waals surface area contributed by atoms with Crippen LogP contribution in [0.1, 0.15) is 25.1 Å². The highest BCUT2D eigenvalue weighted by Gasteiger charge is 2.16. The summed E-state index contributed by atoms with van der Waals surface area (Å²) in [6.07, 6.45) is 2.49. The Hall–Kier alpha value is -2.90. The second-order valence-corrected chi connectivity index (χ2v) is 5.30. The van der Waals surface area contributed by atoms with Crippen LogP contribution in [0, 0.1) is 0 Å². The normalized spacial score (nSPS) is 12.3. The number of urea groups is 1. The Morgan fingerprint density at radius 1 is 1.26 bits per heavy atom. The van der Waals surface area contributed by atoms with Crippen molar-refractivity contribution in [1.82, 2.24) is 30.1 Å². The van der Waals surface area contributed by atoms with Crippen LogP contribution in [0.15, 0.2) is 30.5 Å². The van der Waals surface area contributed by atoms with E-state index in [4.69, 9.17) is 0 Å². The first-order chi connectivity index (χ1) is 11.1. The number of hydrogen-bond donors (Lipinski definition) is 2. The number of fused-ring (bicyclic) bond motifs is 1. The quantitative estimate of drug-likeness (QED) is 0.770. The predicted molar refractivity (Wildman–Crippen MR) is 86.9 cm³/mol. The molecule has 0 radical (unpaired) electrons. The van der Waals surface area contributed by atoms with Gasteiger partial charge in [-0.05, 0) is 24.6 Å². The molecule has 1 atom stereocenters. The Kier molecular flexibility index (Phi) is 3.96. The van der Waals surface area contributed by atoms with E-state index < -0.39 is 0 Å². The number of carbonyl (C=O) groups excluding carboxylic acids is 1. The molecule has 3 aromatic rings. The molecule has 23 heavy (non-hydrogen) atoms. The largest absolute Gasteiger partial charge is 0.330 e. The standard InChI is InChI=1S/C15H19N7O/c1-4-10(13-8-9-16-21(13)2)17-15(23)18-11-6-5-7-12-14(11)20-22(3)19-12/h5-10H,4H2,1-3H3,(H2,17,18,23). The average Bonchev–Trinajstić information content (AvgIpc) is 3.10. The molecule has 1 unspecified atom stereocenters. The highest BCUT2D eigenvalue weighted by atomic mass is 16.2. The van der Waals surface area contributed by atoms with E-state index in [2.05, 4.69) is 25.9 Å². The van der Waals surface area contributed by atoms with Crippen molar-refractivity contribution >= 4 is 22.8 Å². The first kappa shape index (κ1) is 15.0. The number of rotatable bonds is 4. The van der Waals surface area contributed by atoms with E-state index in [0.717, 1.165) is 17.6 Å². The third-order valence-corrected chi connectivity index (χ3v) is 3.69. The third-order valence-electron chi connectivity index (χ3n) is 3.69. The molecule has 3 rings (SSSR count). The zero-order valence-electron chi connectivity index (χ0n) is 13.3. The fourth-order valence-electron chi connectivity index (χ4n) is 2.57. The molecule has 0 spiro atoms. The minimum Gasteiger partial charge on any atom is -0.330 e. The van der Waals surface area contributed by atoms with E-state index in [1.54, 1.807) is 17.9 Å². The van der Waals surface area contributed by atoms with Gasteiger partial charge in [-0.2, -0.15) is 20.1 Å². The van der Waals surface area contributed by atoms with E-state index in [-0.39, 0.29) is 12.1 Å². The lowest BCUT2D eigenvalue weighted by molar-refractivity contribution is 0.247. The van der Waals surface area contributed by atoms with E-state index in [1.807, 2.05) is 38.2 Å². The molecule has 2 amide bonds. The van der Waals surface area contributed by atoms with Crippen LogP contribution in [-0.2, 0) is 14.1 Å². The number of aromatic nitrogens is 5. The first-order valence-electron chi connectivity index (χ1n) is 7.44. The maximum atomic E-state index is 12.3. The van der Waals surface area contributed by atoms with Crippen LogP contribution in [-0.4, -0.2) is 30.8 Å². The monoisotopic (exact) mass is 313 g/mol. The maximum absolute atomic E-state index is 12.3. The van der Waals surface area contributed by atoms with E-state index in [0.29, 0.717) is 11.2 Å². The molecule has 8 nitrogen and oxygen atoms in total. The second-order valence-electron chi connectivity index (χ2n) is 5.30. The highest BCUT2D eigenvalue weighted by molar-refractivity contribution is 5.98. The minimum absolute atomic E-state index is 0.108. The maximum Gasteiger partial charge on any atom is 0.319 e. The van der Waals surface area contributed by atoms with Crippen LogP contribution in [0.5, 0.6) is 0 Å². The van der Waals surface area contributed by atoms with Gasteiger partial charge in [-0.15, -0.1) is 0 Å². The fraction of sp³-hybridized carbons (Fsp3) is 0.333. The molecular formula is C15H19N7O. The van der Waals surface area contributed by atoms with Gasteiger partial charge in [-0.3, -0.25) is 4.68 Å². The zero-order valence-corrected chi connectivity index (χ0v) is 13.3. The smallest absolute Gasteiger partial charge is 0.319 e. The fourth-order valence-corrected chi connectivity index (χ4v) is 2.57. The van der Waals surface area contributed by atoms with Crippen LogP contribution in [0.25, 0.3) is 11.0 Å². The number of anilines is 1. The van der Waals surface area contributed by atoms with Gasteiger partial charge in [-0.25, -0.2) is 4.79 Å². The van der Waals surface area contributed by atoms with Gasteiger partial charge in [0.2, 0.25) is 0 Å². The molecular weight excluding hydrogens is 294 g/mol. The summed E-state index contributed by atoms with van der Waals surface area (Å²) in [7, 11) is 3.61. The molecule has 2 aromatic heterocycles. The number of benzene rings is 1. The van der Waals surface area contributed by atoms with Crippen LogP contribution >= 0.6 is 0 Å². The topological polar surface area (TPSA) is 89.7 Å². The molecule has 0 saturated carbocycles. The van der Waals surface area contributed by atoms with Crippen molar-refractivity contribution < 1.29 is 4.79 Å². The lowest BCUT2D eigenvalue weighted by Gasteiger charge is -2.17. The molecule has 0 aliphatic rings. The summed E-state index contributed by atoms with van der Waals surface area (Å²) in [6, 6.07) is 7.01. The molecule has 8 heteroatoms. The van der Waals surface area contributed by atoms with Gasteiger partial charge in [0.25, 0.3) is 0 Å². The summed E-state index contributed by atoms with van der Waals surface area (Å²) >= 11 is 0. The van der Waals surface area contributed by atoms with Gasteiger partial charge in [0.05, 0.1) is 17.4 Å². The van der Waals surface area contributed by atoms with Gasteiger partial charge in [0, 0.05) is 20.3 Å². The number of carbonyl (C=O) groups is 1. The zero-order chi connectivity index (χ0) is 16.4. The van der Waals surface area contributed by atoms with Gasteiger partial charge in [-0.1, -0.05) is 13.0 Å². The van der Waals surface area contributed by atoms with Crippen LogP contribution < -0.4 is 10.6 Å². The lowest BCUT2D eigenvalue weighted by atomic mass is 10.1. The molecule has 0 saturated heterocycles. The summed E-state index contributed by atoms with van der Waals surface area (Å²) < 4.78 is 1.76. The van der Waals surface area contributed by atoms with Crippen LogP contribution in [0.4, 0.5) is 10.5 Å². The van der Waals surface area contributed by atoms with Crippen molar-refractivity contribution in [2.75, 3.05) is 5.32 Å². The number of nitrogens with zero attached hydrogens (tertiary/aromatic N) is 5. The van der Waals surface area contributed by atoms with Crippen molar-refractivity contribution in [3.63, 3.8) is 0 Å². The SMILES string of the molecule is CCC(NC(=O)Nc1cccc2nn(C)nc12)c1ccnn1C. The molecule has 0 bridgehead atoms. The molecule has 2 heterocycles. The number of aryl methyl sites for hydroxylation is 2. The van der Waals surface area contributed by atoms with Crippen molar-refractivity contribution in [2.24, 2.45) is 14.1 Å². The molecule has 1 aromatic carbocycles. The van der Waals surface area contributed by atoms with E-state index in [1.165, 1.54) is 4.80 Å². The van der Waals surface area contributed by atoms with Gasteiger partial charge >= 0.3 is 6.03 Å². The van der Waals surface area contributed by atoms with Crippen molar-refractivity contribution in [3.8, 4) is 0 Å². The van der Waals surface area contributed by atoms with Gasteiger partial charge < -0.3 is 10.6 Å². The Balaban J connectivity index is 1.77. The van der Waals surface area contributed by atoms with Crippen molar-refractivity contribution in [3.05, 3.63) is 36.2 Å². The number of nitrogens with one attached hydrogen (secondary N) is 2. The van der Waals surface area contributed by atoms with Crippen LogP contribution in [0.3, 0.4) is 0 Å². The Morgan fingerprint density at radius 2 is 2.09 bits per heavy atom. The van der Waals surface area contributed by atoms with Crippen molar-refractivity contribution in [2.45, 2.75) is 19.4 Å². The molecule has 0 aliphatic heterocycles. The summed E-state index contributed by atoms with van der Waals surface area (Å²) in [6.45, 7) is 2.02. The number of hydrogen-bond acceptors (Lipinski definition) is 4. The van der Waals surface area contributed by atoms with Gasteiger partial charge in [0.1, 0.15) is 11.0 Å². The van der Waals surface area contributed by atoms with E-state index >= 15 is 0 Å². The number of amides is 2. The van der Waals surface area contributed by atoms with E-state index in [9.17, 15) is 4.79 Å². The Morgan fingerprint density at radius 3 is 2.78 bits per heavy atom. The van der Waals surface area contributed by atoms with Gasteiger partial charge in [0.15, 0.2) is 0 Å². The first-order valence-corrected chi connectivity index (χ1v) is 7.44. The highest BCUT2D eigenvalue weighted by Crippen LogP contribution is 2.20. The second kappa shape index (κ2) is 6.07. The summed E-state index contributed by atoms with van der Waals surface area (Å²) in [5.74, 6) is 0. The Labute approximate surface area is 133 Å². The predicted octanol–water partition coefficient (Wildman–Crippen LogP) is 1.97. The average molecular weight is 313 g/mol. The summed E-state index contributed by atoms with van der Waals surface area (Å²) in [5, 5.41) is 18.5. The molecule has 2 N–H and O–H groups in total. The molecule has 0 aliphatic carbocycles. The third kappa shape index (κ3) is 3.01. The lowest BCUT2D eigenvalue weighted by Crippen LogP contribution is -2.33. The molecule has 0 fully saturated rings. The van der Waals surface area contributed by atoms with Crippen LogP contribution in [0.2, 0.25) is 0 Å².